The molecule has 1 saturated heterocycles. The van der Waals surface area contributed by atoms with E-state index in [2.05, 4.69) is 6.07 Å². The summed E-state index contributed by atoms with van der Waals surface area (Å²) >= 11 is 0. The maximum atomic E-state index is 10.3. The van der Waals surface area contributed by atoms with E-state index >= 15 is 0 Å². The van der Waals surface area contributed by atoms with Crippen molar-refractivity contribution < 1.29 is 28.8 Å². The molecule has 26 heavy (non-hydrogen) atoms. The highest BCUT2D eigenvalue weighted by molar-refractivity contribution is 5.45. The van der Waals surface area contributed by atoms with Gasteiger partial charge in [0, 0.05) is 5.92 Å². The van der Waals surface area contributed by atoms with E-state index in [0.717, 1.165) is 47.0 Å². The predicted molar refractivity (Wildman–Crippen MR) is 91.5 cm³/mol. The third-order valence-electron chi connectivity index (χ3n) is 5.30. The highest BCUT2D eigenvalue weighted by Crippen LogP contribution is 2.38. The van der Waals surface area contributed by atoms with Crippen LogP contribution < -0.4 is 18.9 Å². The van der Waals surface area contributed by atoms with Crippen LogP contribution in [0.2, 0.25) is 0 Å². The Hall–Kier alpha value is -2.44. The number of rotatable bonds is 4. The Bertz CT molecular complexity index is 820. The van der Waals surface area contributed by atoms with E-state index in [9.17, 15) is 5.11 Å². The molecule has 1 fully saturated rings. The van der Waals surface area contributed by atoms with Crippen LogP contribution in [0.4, 0.5) is 0 Å². The summed E-state index contributed by atoms with van der Waals surface area (Å²) in [6.45, 7) is 1.09. The summed E-state index contributed by atoms with van der Waals surface area (Å²) in [5, 5.41) is 10.3. The minimum absolute atomic E-state index is 0.0285. The van der Waals surface area contributed by atoms with Crippen molar-refractivity contribution in [2.24, 2.45) is 11.8 Å². The van der Waals surface area contributed by atoms with Gasteiger partial charge in [-0.15, -0.1) is 0 Å². The monoisotopic (exact) mass is 356 g/mol. The zero-order chi connectivity index (χ0) is 17.5. The first-order chi connectivity index (χ1) is 12.8. The van der Waals surface area contributed by atoms with Gasteiger partial charge in [0.1, 0.15) is 0 Å². The Morgan fingerprint density at radius 3 is 2.00 bits per heavy atom. The molecule has 3 atom stereocenters. The molecule has 0 bridgehead atoms. The molecular formula is C20H20O6. The summed E-state index contributed by atoms with van der Waals surface area (Å²) in [6, 6.07) is 11.9. The fraction of sp³-hybridized carbons (Fsp3) is 0.400. The van der Waals surface area contributed by atoms with Crippen LogP contribution in [0.1, 0.15) is 11.1 Å². The van der Waals surface area contributed by atoms with Crippen LogP contribution >= 0.6 is 0 Å². The molecule has 3 aliphatic heterocycles. The summed E-state index contributed by atoms with van der Waals surface area (Å²) < 4.78 is 27.2. The van der Waals surface area contributed by atoms with E-state index in [1.54, 1.807) is 0 Å². The lowest BCUT2D eigenvalue weighted by Crippen LogP contribution is -2.24. The van der Waals surface area contributed by atoms with Gasteiger partial charge >= 0.3 is 0 Å². The molecule has 0 amide bonds. The summed E-state index contributed by atoms with van der Waals surface area (Å²) in [6.07, 6.45) is 0.801. The van der Waals surface area contributed by atoms with Gasteiger partial charge in [0.25, 0.3) is 0 Å². The second-order valence-electron chi connectivity index (χ2n) is 6.93. The molecule has 0 spiro atoms. The Kier molecular flexibility index (Phi) is 3.87. The molecule has 6 heteroatoms. The first kappa shape index (κ1) is 15.8. The lowest BCUT2D eigenvalue weighted by molar-refractivity contribution is -0.0820. The summed E-state index contributed by atoms with van der Waals surface area (Å²) in [5.41, 5.74) is 2.27. The Balaban J connectivity index is 1.32. The highest BCUT2D eigenvalue weighted by Gasteiger charge is 2.36. The van der Waals surface area contributed by atoms with E-state index in [0.29, 0.717) is 6.61 Å². The van der Waals surface area contributed by atoms with Gasteiger partial charge in [0.2, 0.25) is 13.6 Å². The van der Waals surface area contributed by atoms with Gasteiger partial charge in [0.15, 0.2) is 29.3 Å². The standard InChI is InChI=1S/C20H20O6/c21-20-15(6-13-2-4-17-19(8-13)26-11-24-17)14(9-22-20)5-12-1-3-16-18(7-12)25-10-23-16/h1-4,7-8,14-15,20-21H,5-6,9-11H2/t14-,15+,20?/m0/s1. The maximum Gasteiger partial charge on any atom is 0.231 e. The van der Waals surface area contributed by atoms with Gasteiger partial charge in [-0.3, -0.25) is 0 Å². The second-order valence-corrected chi connectivity index (χ2v) is 6.93. The van der Waals surface area contributed by atoms with Crippen LogP contribution in [0.3, 0.4) is 0 Å². The minimum atomic E-state index is -0.751. The van der Waals surface area contributed by atoms with Crippen molar-refractivity contribution in [3.63, 3.8) is 0 Å². The van der Waals surface area contributed by atoms with Crippen LogP contribution in [0.15, 0.2) is 36.4 Å². The largest absolute Gasteiger partial charge is 0.454 e. The quantitative estimate of drug-likeness (QED) is 0.908. The third-order valence-corrected chi connectivity index (χ3v) is 5.30. The van der Waals surface area contributed by atoms with Gasteiger partial charge in [-0.25, -0.2) is 0 Å². The van der Waals surface area contributed by atoms with Gasteiger partial charge in [-0.05, 0) is 54.2 Å². The van der Waals surface area contributed by atoms with E-state index in [1.165, 1.54) is 0 Å². The van der Waals surface area contributed by atoms with Gasteiger partial charge in [-0.2, -0.15) is 0 Å². The van der Waals surface area contributed by atoms with E-state index in [4.69, 9.17) is 23.7 Å². The number of aliphatic hydroxyl groups is 1. The van der Waals surface area contributed by atoms with Crippen LogP contribution in [-0.2, 0) is 17.6 Å². The van der Waals surface area contributed by atoms with Crippen LogP contribution in [0.5, 0.6) is 23.0 Å². The summed E-state index contributed by atoms with van der Waals surface area (Å²) in [5.74, 6) is 3.37. The summed E-state index contributed by atoms with van der Waals surface area (Å²) in [7, 11) is 0. The van der Waals surface area contributed by atoms with Crippen molar-refractivity contribution in [2.75, 3.05) is 20.2 Å². The Morgan fingerprint density at radius 1 is 0.769 bits per heavy atom. The number of hydrogen-bond acceptors (Lipinski definition) is 6. The zero-order valence-electron chi connectivity index (χ0n) is 14.2. The molecule has 136 valence electrons. The van der Waals surface area contributed by atoms with Crippen molar-refractivity contribution in [2.45, 2.75) is 19.1 Å². The lowest BCUT2D eigenvalue weighted by Gasteiger charge is -2.20. The number of aliphatic hydroxyl groups excluding tert-OH is 1. The highest BCUT2D eigenvalue weighted by atomic mass is 16.7. The molecule has 0 radical (unpaired) electrons. The molecule has 3 heterocycles. The number of benzene rings is 2. The third kappa shape index (κ3) is 2.85. The predicted octanol–water partition coefficient (Wildman–Crippen LogP) is 2.51. The van der Waals surface area contributed by atoms with Crippen molar-refractivity contribution in [1.82, 2.24) is 0 Å². The maximum absolute atomic E-state index is 10.3. The number of fused-ring (bicyclic) bond motifs is 2. The molecule has 6 nitrogen and oxygen atoms in total. The zero-order valence-corrected chi connectivity index (χ0v) is 14.2. The van der Waals surface area contributed by atoms with Crippen LogP contribution in [0.25, 0.3) is 0 Å². The molecule has 0 saturated carbocycles. The summed E-state index contributed by atoms with van der Waals surface area (Å²) in [4.78, 5) is 0. The average molecular weight is 356 g/mol. The van der Waals surface area contributed by atoms with Crippen molar-refractivity contribution in [1.29, 1.82) is 0 Å². The molecule has 0 aromatic heterocycles. The van der Waals surface area contributed by atoms with Crippen molar-refractivity contribution in [3.8, 4) is 23.0 Å². The fourth-order valence-electron chi connectivity index (χ4n) is 3.89. The SMILES string of the molecule is OC1OC[C@H](Cc2ccc3c(c2)OCO3)[C@H]1Cc1ccc2c(c1)OCO2. The van der Waals surface area contributed by atoms with Gasteiger partial charge in [-0.1, -0.05) is 12.1 Å². The molecular weight excluding hydrogens is 336 g/mol. The Morgan fingerprint density at radius 2 is 1.35 bits per heavy atom. The molecule has 1 N–H and O–H groups in total. The van der Waals surface area contributed by atoms with E-state index < -0.39 is 6.29 Å². The minimum Gasteiger partial charge on any atom is -0.454 e. The average Bonchev–Trinajstić information content (AvgIpc) is 3.37. The van der Waals surface area contributed by atoms with Crippen LogP contribution in [-0.4, -0.2) is 31.6 Å². The first-order valence-corrected chi connectivity index (χ1v) is 8.83. The lowest BCUT2D eigenvalue weighted by atomic mass is 9.84. The van der Waals surface area contributed by atoms with Crippen LogP contribution in [0, 0.1) is 11.8 Å². The van der Waals surface area contributed by atoms with Gasteiger partial charge < -0.3 is 28.8 Å². The van der Waals surface area contributed by atoms with E-state index in [1.807, 2.05) is 30.3 Å². The van der Waals surface area contributed by atoms with Crippen molar-refractivity contribution >= 4 is 0 Å². The normalized spacial score (nSPS) is 25.7. The van der Waals surface area contributed by atoms with E-state index in [-0.39, 0.29) is 25.4 Å². The molecule has 1 unspecified atom stereocenters. The Labute approximate surface area is 151 Å². The number of hydrogen-bond donors (Lipinski definition) is 1. The topological polar surface area (TPSA) is 66.4 Å². The molecule has 5 rings (SSSR count). The first-order valence-electron chi connectivity index (χ1n) is 8.83. The molecule has 2 aromatic carbocycles. The van der Waals surface area contributed by atoms with Gasteiger partial charge in [0.05, 0.1) is 6.61 Å². The molecule has 2 aromatic rings. The second kappa shape index (κ2) is 6.37. The molecule has 0 aliphatic carbocycles. The molecule has 3 aliphatic rings. The van der Waals surface area contributed by atoms with Crippen molar-refractivity contribution in [3.05, 3.63) is 47.5 Å². The fourth-order valence-corrected chi connectivity index (χ4v) is 3.89. The smallest absolute Gasteiger partial charge is 0.231 e. The number of ether oxygens (including phenoxy) is 5.